The maximum absolute atomic E-state index is 5.45. The summed E-state index contributed by atoms with van der Waals surface area (Å²) in [5.41, 5.74) is 1.14. The molecule has 1 aromatic carbocycles. The molecule has 0 aliphatic carbocycles. The molecule has 0 fully saturated rings. The molecule has 0 spiro atoms. The Hall–Kier alpha value is -1.22. The van der Waals surface area contributed by atoms with E-state index >= 15 is 0 Å². The molecule has 1 rings (SSSR count). The van der Waals surface area contributed by atoms with Crippen molar-refractivity contribution in [3.8, 4) is 11.5 Å². The van der Waals surface area contributed by atoms with Gasteiger partial charge in [0.05, 0.1) is 14.2 Å². The van der Waals surface area contributed by atoms with E-state index in [1.54, 1.807) is 14.2 Å². The lowest BCUT2D eigenvalue weighted by Crippen LogP contribution is -2.29. The molecule has 3 heteroatoms. The summed E-state index contributed by atoms with van der Waals surface area (Å²) in [6.07, 6.45) is 2.43. The zero-order chi connectivity index (χ0) is 15.1. The molecule has 0 aromatic heterocycles. The minimum atomic E-state index is 0.238. The summed E-state index contributed by atoms with van der Waals surface area (Å²) in [5.74, 6) is 2.52. The number of hydrogen-bond acceptors (Lipinski definition) is 3. The van der Waals surface area contributed by atoms with Crippen LogP contribution >= 0.6 is 0 Å². The molecule has 20 heavy (non-hydrogen) atoms. The topological polar surface area (TPSA) is 30.5 Å². The van der Waals surface area contributed by atoms with Crippen LogP contribution in [0.25, 0.3) is 0 Å². The van der Waals surface area contributed by atoms with Crippen molar-refractivity contribution in [2.24, 2.45) is 5.92 Å². The van der Waals surface area contributed by atoms with Crippen molar-refractivity contribution in [3.05, 3.63) is 23.8 Å². The molecule has 0 bridgehead atoms. The first-order chi connectivity index (χ1) is 9.47. The van der Waals surface area contributed by atoms with Gasteiger partial charge in [-0.05, 0) is 50.8 Å². The van der Waals surface area contributed by atoms with Crippen LogP contribution in [-0.2, 0) is 0 Å². The van der Waals surface area contributed by atoms with E-state index in [1.807, 2.05) is 18.2 Å². The summed E-state index contributed by atoms with van der Waals surface area (Å²) in [6.45, 7) is 8.94. The number of rotatable bonds is 8. The lowest BCUT2D eigenvalue weighted by atomic mass is 10.0. The van der Waals surface area contributed by atoms with E-state index in [9.17, 15) is 0 Å². The summed E-state index contributed by atoms with van der Waals surface area (Å²) in [4.78, 5) is 0. The van der Waals surface area contributed by atoms with Crippen LogP contribution in [0.5, 0.6) is 11.5 Å². The molecule has 1 N–H and O–H groups in total. The van der Waals surface area contributed by atoms with Crippen LogP contribution in [0.4, 0.5) is 0 Å². The molecule has 0 saturated heterocycles. The van der Waals surface area contributed by atoms with Crippen LogP contribution in [0.3, 0.4) is 0 Å². The number of hydrogen-bond donors (Lipinski definition) is 1. The van der Waals surface area contributed by atoms with E-state index in [0.717, 1.165) is 23.0 Å². The van der Waals surface area contributed by atoms with Crippen molar-refractivity contribution in [1.82, 2.24) is 5.32 Å². The van der Waals surface area contributed by atoms with Crippen LogP contribution in [0.2, 0.25) is 0 Å². The summed E-state index contributed by atoms with van der Waals surface area (Å²) < 4.78 is 10.8. The highest BCUT2D eigenvalue weighted by molar-refractivity contribution is 5.42. The summed E-state index contributed by atoms with van der Waals surface area (Å²) in [7, 11) is 3.40. The van der Waals surface area contributed by atoms with E-state index < -0.39 is 0 Å². The summed E-state index contributed by atoms with van der Waals surface area (Å²) in [6, 6.07) is 6.67. The standard InChI is InChI=1S/C17H29NO2/c1-12(2)7-8-13(3)18-14(4)16-11-15(19-5)9-10-17(16)20-6/h9-14,18H,7-8H2,1-6H3. The zero-order valence-electron chi connectivity index (χ0n) is 13.7. The van der Waals surface area contributed by atoms with Crippen LogP contribution in [0.15, 0.2) is 18.2 Å². The molecule has 2 unspecified atom stereocenters. The third-order valence-corrected chi connectivity index (χ3v) is 3.61. The second-order valence-corrected chi connectivity index (χ2v) is 5.87. The molecular weight excluding hydrogens is 250 g/mol. The Bertz CT molecular complexity index is 404. The van der Waals surface area contributed by atoms with Gasteiger partial charge in [0.25, 0.3) is 0 Å². The summed E-state index contributed by atoms with van der Waals surface area (Å²) in [5, 5.41) is 3.64. The van der Waals surface area contributed by atoms with Gasteiger partial charge in [0.15, 0.2) is 0 Å². The Morgan fingerprint density at radius 3 is 2.25 bits per heavy atom. The Morgan fingerprint density at radius 2 is 1.70 bits per heavy atom. The predicted octanol–water partition coefficient (Wildman–Crippen LogP) is 4.18. The fraction of sp³-hybridized carbons (Fsp3) is 0.647. The minimum Gasteiger partial charge on any atom is -0.497 e. The van der Waals surface area contributed by atoms with Gasteiger partial charge in [0.2, 0.25) is 0 Å². The molecule has 0 aliphatic heterocycles. The second-order valence-electron chi connectivity index (χ2n) is 5.87. The predicted molar refractivity (Wildman–Crippen MR) is 84.6 cm³/mol. The molecule has 2 atom stereocenters. The van der Waals surface area contributed by atoms with Crippen molar-refractivity contribution in [3.63, 3.8) is 0 Å². The maximum atomic E-state index is 5.45. The Morgan fingerprint density at radius 1 is 1.00 bits per heavy atom. The van der Waals surface area contributed by atoms with Gasteiger partial charge in [0, 0.05) is 17.6 Å². The highest BCUT2D eigenvalue weighted by atomic mass is 16.5. The molecule has 0 heterocycles. The van der Waals surface area contributed by atoms with Gasteiger partial charge in [-0.25, -0.2) is 0 Å². The number of nitrogens with one attached hydrogen (secondary N) is 1. The third kappa shape index (κ3) is 5.04. The van der Waals surface area contributed by atoms with Crippen molar-refractivity contribution in [2.45, 2.75) is 52.6 Å². The lowest BCUT2D eigenvalue weighted by Gasteiger charge is -2.23. The highest BCUT2D eigenvalue weighted by Gasteiger charge is 2.15. The van der Waals surface area contributed by atoms with Crippen molar-refractivity contribution in [1.29, 1.82) is 0 Å². The Kier molecular flexibility index (Phi) is 6.86. The van der Waals surface area contributed by atoms with E-state index in [-0.39, 0.29) is 6.04 Å². The minimum absolute atomic E-state index is 0.238. The maximum Gasteiger partial charge on any atom is 0.123 e. The number of benzene rings is 1. The second kappa shape index (κ2) is 8.15. The lowest BCUT2D eigenvalue weighted by molar-refractivity contribution is 0.378. The van der Waals surface area contributed by atoms with Crippen LogP contribution < -0.4 is 14.8 Å². The van der Waals surface area contributed by atoms with Gasteiger partial charge in [-0.1, -0.05) is 13.8 Å². The molecule has 3 nitrogen and oxygen atoms in total. The Labute approximate surface area is 123 Å². The van der Waals surface area contributed by atoms with Crippen LogP contribution in [0, 0.1) is 5.92 Å². The van der Waals surface area contributed by atoms with Gasteiger partial charge < -0.3 is 14.8 Å². The largest absolute Gasteiger partial charge is 0.497 e. The quantitative estimate of drug-likeness (QED) is 0.774. The molecule has 0 aliphatic rings. The van der Waals surface area contributed by atoms with Crippen molar-refractivity contribution in [2.75, 3.05) is 14.2 Å². The van der Waals surface area contributed by atoms with Gasteiger partial charge in [-0.2, -0.15) is 0 Å². The number of ether oxygens (including phenoxy) is 2. The molecular formula is C17H29NO2. The van der Waals surface area contributed by atoms with E-state index in [0.29, 0.717) is 6.04 Å². The average Bonchev–Trinajstić information content (AvgIpc) is 2.44. The van der Waals surface area contributed by atoms with Gasteiger partial charge in [0.1, 0.15) is 11.5 Å². The van der Waals surface area contributed by atoms with E-state index in [1.165, 1.54) is 12.8 Å². The van der Waals surface area contributed by atoms with Gasteiger partial charge in [-0.15, -0.1) is 0 Å². The van der Waals surface area contributed by atoms with E-state index in [2.05, 4.69) is 33.0 Å². The fourth-order valence-electron chi connectivity index (χ4n) is 2.36. The monoisotopic (exact) mass is 279 g/mol. The fourth-order valence-corrected chi connectivity index (χ4v) is 2.36. The SMILES string of the molecule is COc1ccc(OC)c(C(C)NC(C)CCC(C)C)c1. The number of methoxy groups -OCH3 is 2. The highest BCUT2D eigenvalue weighted by Crippen LogP contribution is 2.29. The first-order valence-corrected chi connectivity index (χ1v) is 7.45. The van der Waals surface area contributed by atoms with E-state index in [4.69, 9.17) is 9.47 Å². The molecule has 0 saturated carbocycles. The molecule has 0 amide bonds. The van der Waals surface area contributed by atoms with Gasteiger partial charge in [-0.3, -0.25) is 0 Å². The molecule has 0 radical (unpaired) electrons. The molecule has 114 valence electrons. The van der Waals surface area contributed by atoms with Crippen molar-refractivity contribution >= 4 is 0 Å². The first-order valence-electron chi connectivity index (χ1n) is 7.45. The van der Waals surface area contributed by atoms with Crippen LogP contribution in [-0.4, -0.2) is 20.3 Å². The molecule has 1 aromatic rings. The average molecular weight is 279 g/mol. The van der Waals surface area contributed by atoms with Crippen LogP contribution in [0.1, 0.15) is 52.1 Å². The van der Waals surface area contributed by atoms with Crippen molar-refractivity contribution < 1.29 is 9.47 Å². The normalized spacial score (nSPS) is 14.2. The summed E-state index contributed by atoms with van der Waals surface area (Å²) >= 11 is 0. The Balaban J connectivity index is 2.72. The van der Waals surface area contributed by atoms with Gasteiger partial charge >= 0.3 is 0 Å². The first kappa shape index (κ1) is 16.8. The third-order valence-electron chi connectivity index (χ3n) is 3.61. The zero-order valence-corrected chi connectivity index (χ0v) is 13.7. The smallest absolute Gasteiger partial charge is 0.123 e.